The van der Waals surface area contributed by atoms with Crippen LogP contribution in [0, 0.1) is 5.92 Å². The third-order valence-electron chi connectivity index (χ3n) is 5.16. The summed E-state index contributed by atoms with van der Waals surface area (Å²) in [5, 5.41) is 3.73. The molecule has 1 fully saturated rings. The Hall–Kier alpha value is -1.26. The van der Waals surface area contributed by atoms with E-state index in [2.05, 4.69) is 37.9 Å². The smallest absolute Gasteiger partial charge is 0.322 e. The highest BCUT2D eigenvalue weighted by molar-refractivity contribution is 6.30. The number of benzene rings is 1. The van der Waals surface area contributed by atoms with Gasteiger partial charge in [0.05, 0.1) is 19.1 Å². The van der Waals surface area contributed by atoms with E-state index in [1.54, 1.807) is 17.0 Å². The Morgan fingerprint density at radius 2 is 1.80 bits per heavy atom. The van der Waals surface area contributed by atoms with Crippen molar-refractivity contribution >= 4 is 23.3 Å². The van der Waals surface area contributed by atoms with Crippen molar-refractivity contribution in [3.8, 4) is 0 Å². The summed E-state index contributed by atoms with van der Waals surface area (Å²) in [4.78, 5) is 16.6. The molecule has 1 heterocycles. The van der Waals surface area contributed by atoms with Crippen LogP contribution in [-0.2, 0) is 0 Å². The molecule has 0 saturated carbocycles. The molecular formula is C20H33ClN3O+. The molecule has 2 rings (SSSR count). The number of hydrogen-bond acceptors (Lipinski definition) is 1. The van der Waals surface area contributed by atoms with Crippen molar-refractivity contribution in [1.29, 1.82) is 0 Å². The second-order valence-electron chi connectivity index (χ2n) is 7.86. The lowest BCUT2D eigenvalue weighted by molar-refractivity contribution is -0.926. The summed E-state index contributed by atoms with van der Waals surface area (Å²) in [6.07, 6.45) is 3.20. The van der Waals surface area contributed by atoms with Gasteiger partial charge < -0.3 is 15.1 Å². The average molecular weight is 367 g/mol. The second kappa shape index (κ2) is 9.44. The predicted octanol–water partition coefficient (Wildman–Crippen LogP) is 3.68. The molecule has 1 aromatic carbocycles. The summed E-state index contributed by atoms with van der Waals surface area (Å²) in [5.74, 6) is 0.590. The zero-order chi connectivity index (χ0) is 18.4. The van der Waals surface area contributed by atoms with E-state index >= 15 is 0 Å². The fourth-order valence-corrected chi connectivity index (χ4v) is 3.56. The molecule has 25 heavy (non-hydrogen) atoms. The number of carbonyl (C=O) groups excluding carboxylic acids is 1. The summed E-state index contributed by atoms with van der Waals surface area (Å²) in [6, 6.07) is 8.33. The Balaban J connectivity index is 2.01. The van der Waals surface area contributed by atoms with Crippen LogP contribution in [0.2, 0.25) is 5.02 Å². The number of quaternary nitrogens is 1. The van der Waals surface area contributed by atoms with E-state index in [0.717, 1.165) is 44.6 Å². The third-order valence-corrected chi connectivity index (χ3v) is 5.41. The summed E-state index contributed by atoms with van der Waals surface area (Å²) in [5.41, 5.74) is 0.800. The molecule has 0 aliphatic carbocycles. The number of piperidine rings is 1. The first-order valence-corrected chi connectivity index (χ1v) is 9.92. The van der Waals surface area contributed by atoms with Crippen molar-refractivity contribution in [2.24, 2.45) is 5.92 Å². The topological polar surface area (TPSA) is 36.8 Å². The fourth-order valence-electron chi connectivity index (χ4n) is 3.44. The molecule has 0 aromatic heterocycles. The first-order valence-electron chi connectivity index (χ1n) is 9.54. The summed E-state index contributed by atoms with van der Waals surface area (Å²) < 4.78 is 0. The molecule has 1 aliphatic rings. The van der Waals surface area contributed by atoms with Crippen molar-refractivity contribution in [3.05, 3.63) is 29.3 Å². The second-order valence-corrected chi connectivity index (χ2v) is 8.29. The molecule has 1 aromatic rings. The van der Waals surface area contributed by atoms with E-state index in [1.165, 1.54) is 0 Å². The van der Waals surface area contributed by atoms with Crippen LogP contribution in [0.15, 0.2) is 24.3 Å². The van der Waals surface area contributed by atoms with Gasteiger partial charge in [-0.15, -0.1) is 0 Å². The van der Waals surface area contributed by atoms with E-state index in [1.807, 2.05) is 12.1 Å². The molecule has 140 valence electrons. The molecule has 2 amide bonds. The van der Waals surface area contributed by atoms with Gasteiger partial charge in [0.15, 0.2) is 0 Å². The van der Waals surface area contributed by atoms with E-state index < -0.39 is 0 Å². The van der Waals surface area contributed by atoms with Gasteiger partial charge in [-0.05, 0) is 50.5 Å². The normalized spacial score (nSPS) is 20.8. The molecule has 0 bridgehead atoms. The SMILES string of the molecule is CC(C)CCN(C(=O)Nc1ccc(Cl)cc1)C1CC[NH+](C(C)C)CC1. The van der Waals surface area contributed by atoms with E-state index in [-0.39, 0.29) is 6.03 Å². The van der Waals surface area contributed by atoms with E-state index in [9.17, 15) is 4.79 Å². The zero-order valence-electron chi connectivity index (χ0n) is 16.0. The number of amides is 2. The maximum Gasteiger partial charge on any atom is 0.322 e. The van der Waals surface area contributed by atoms with Gasteiger partial charge in [0.25, 0.3) is 0 Å². The van der Waals surface area contributed by atoms with E-state index in [4.69, 9.17) is 11.6 Å². The van der Waals surface area contributed by atoms with Gasteiger partial charge in [0, 0.05) is 36.1 Å². The molecule has 0 radical (unpaired) electrons. The van der Waals surface area contributed by atoms with Gasteiger partial charge in [-0.3, -0.25) is 0 Å². The van der Waals surface area contributed by atoms with E-state index in [0.29, 0.717) is 23.0 Å². The first-order chi connectivity index (χ1) is 11.9. The average Bonchev–Trinajstić information content (AvgIpc) is 2.57. The number of nitrogens with one attached hydrogen (secondary N) is 2. The van der Waals surface area contributed by atoms with Crippen molar-refractivity contribution in [2.45, 2.75) is 59.0 Å². The maximum absolute atomic E-state index is 12.9. The monoisotopic (exact) mass is 366 g/mol. The maximum atomic E-state index is 12.9. The van der Waals surface area contributed by atoms with Crippen LogP contribution in [-0.4, -0.2) is 42.6 Å². The van der Waals surface area contributed by atoms with Gasteiger partial charge in [-0.1, -0.05) is 25.4 Å². The summed E-state index contributed by atoms with van der Waals surface area (Å²) >= 11 is 5.93. The largest absolute Gasteiger partial charge is 0.333 e. The molecule has 0 spiro atoms. The fraction of sp³-hybridized carbons (Fsp3) is 0.650. The van der Waals surface area contributed by atoms with Gasteiger partial charge in [0.2, 0.25) is 0 Å². The van der Waals surface area contributed by atoms with Crippen molar-refractivity contribution < 1.29 is 9.69 Å². The Morgan fingerprint density at radius 1 is 1.20 bits per heavy atom. The van der Waals surface area contributed by atoms with Crippen LogP contribution >= 0.6 is 11.6 Å². The Morgan fingerprint density at radius 3 is 2.32 bits per heavy atom. The minimum Gasteiger partial charge on any atom is -0.333 e. The van der Waals surface area contributed by atoms with Crippen LogP contribution in [0.25, 0.3) is 0 Å². The highest BCUT2D eigenvalue weighted by atomic mass is 35.5. The summed E-state index contributed by atoms with van der Waals surface area (Å²) in [7, 11) is 0. The lowest BCUT2D eigenvalue weighted by atomic mass is 10.0. The Bertz CT molecular complexity index is 536. The lowest BCUT2D eigenvalue weighted by Crippen LogP contribution is -3.16. The van der Waals surface area contributed by atoms with Crippen LogP contribution < -0.4 is 10.2 Å². The number of carbonyl (C=O) groups is 1. The predicted molar refractivity (Wildman–Crippen MR) is 105 cm³/mol. The third kappa shape index (κ3) is 6.19. The molecule has 0 atom stereocenters. The van der Waals surface area contributed by atoms with Crippen LogP contribution in [0.1, 0.15) is 47.0 Å². The first kappa shape index (κ1) is 20.1. The number of likely N-dealkylation sites (tertiary alicyclic amines) is 1. The molecular weight excluding hydrogens is 334 g/mol. The molecule has 5 heteroatoms. The number of hydrogen-bond donors (Lipinski definition) is 2. The molecule has 4 nitrogen and oxygen atoms in total. The van der Waals surface area contributed by atoms with Crippen molar-refractivity contribution in [2.75, 3.05) is 25.0 Å². The number of halogens is 1. The number of rotatable bonds is 6. The lowest BCUT2D eigenvalue weighted by Gasteiger charge is -2.38. The molecule has 0 unspecified atom stereocenters. The van der Waals surface area contributed by atoms with Gasteiger partial charge >= 0.3 is 6.03 Å². The zero-order valence-corrected chi connectivity index (χ0v) is 16.8. The Kier molecular flexibility index (Phi) is 7.57. The highest BCUT2D eigenvalue weighted by Crippen LogP contribution is 2.18. The summed E-state index contributed by atoms with van der Waals surface area (Å²) in [6.45, 7) is 12.1. The highest BCUT2D eigenvalue weighted by Gasteiger charge is 2.30. The quantitative estimate of drug-likeness (QED) is 0.791. The molecule has 1 saturated heterocycles. The number of anilines is 1. The van der Waals surface area contributed by atoms with Gasteiger partial charge in [0.1, 0.15) is 0 Å². The minimum atomic E-state index is 0.0148. The minimum absolute atomic E-state index is 0.0148. The standard InChI is InChI=1S/C20H32ClN3O/c1-15(2)9-14-24(19-10-12-23(13-11-19)16(3)4)20(25)22-18-7-5-17(21)6-8-18/h5-8,15-16,19H,9-14H2,1-4H3,(H,22,25)/p+1. The molecule has 1 aliphatic heterocycles. The van der Waals surface area contributed by atoms with Crippen LogP contribution in [0.3, 0.4) is 0 Å². The molecule has 2 N–H and O–H groups in total. The van der Waals surface area contributed by atoms with Gasteiger partial charge in [-0.25, -0.2) is 4.79 Å². The van der Waals surface area contributed by atoms with Crippen LogP contribution in [0.5, 0.6) is 0 Å². The number of urea groups is 1. The number of nitrogens with zero attached hydrogens (tertiary/aromatic N) is 1. The van der Waals surface area contributed by atoms with Gasteiger partial charge in [-0.2, -0.15) is 0 Å². The van der Waals surface area contributed by atoms with Crippen LogP contribution in [0.4, 0.5) is 10.5 Å². The Labute approximate surface area is 157 Å². The van der Waals surface area contributed by atoms with Crippen molar-refractivity contribution in [1.82, 2.24) is 4.90 Å². The van der Waals surface area contributed by atoms with Crippen molar-refractivity contribution in [3.63, 3.8) is 0 Å².